The monoisotopic (exact) mass is 368 g/mol. The standard InChI is InChI=1S/C18H17BrN4/c1-13-20-17(22-15-8-6-7-14(19)11-15)12-18(21-13)23(2)16-9-4-3-5-10-16/h3-12H,1-2H3,(H,20,21,22). The van der Waals surface area contributed by atoms with Crippen LogP contribution in [0, 0.1) is 6.92 Å². The van der Waals surface area contributed by atoms with E-state index < -0.39 is 0 Å². The summed E-state index contributed by atoms with van der Waals surface area (Å²) in [6.07, 6.45) is 0. The third-order valence-electron chi connectivity index (χ3n) is 3.41. The van der Waals surface area contributed by atoms with E-state index in [9.17, 15) is 0 Å². The van der Waals surface area contributed by atoms with Crippen LogP contribution < -0.4 is 10.2 Å². The van der Waals surface area contributed by atoms with Gasteiger partial charge in [0.25, 0.3) is 0 Å². The number of rotatable bonds is 4. The molecule has 1 heterocycles. The van der Waals surface area contributed by atoms with Crippen LogP contribution in [0.25, 0.3) is 0 Å². The molecule has 0 fully saturated rings. The average molecular weight is 369 g/mol. The number of halogens is 1. The highest BCUT2D eigenvalue weighted by atomic mass is 79.9. The van der Waals surface area contributed by atoms with E-state index in [-0.39, 0.29) is 0 Å². The van der Waals surface area contributed by atoms with Gasteiger partial charge in [-0.25, -0.2) is 9.97 Å². The zero-order valence-electron chi connectivity index (χ0n) is 13.0. The predicted octanol–water partition coefficient (Wildman–Crippen LogP) is 5.06. The van der Waals surface area contributed by atoms with E-state index in [1.807, 2.05) is 67.4 Å². The minimum atomic E-state index is 0.725. The zero-order chi connectivity index (χ0) is 16.2. The molecule has 3 rings (SSSR count). The number of hydrogen-bond acceptors (Lipinski definition) is 4. The average Bonchev–Trinajstić information content (AvgIpc) is 2.54. The Morgan fingerprint density at radius 1 is 0.957 bits per heavy atom. The lowest BCUT2D eigenvalue weighted by Gasteiger charge is -2.19. The number of hydrogen-bond donors (Lipinski definition) is 1. The number of nitrogens with one attached hydrogen (secondary N) is 1. The van der Waals surface area contributed by atoms with Gasteiger partial charge in [-0.3, -0.25) is 0 Å². The summed E-state index contributed by atoms with van der Waals surface area (Å²) in [7, 11) is 2.00. The Labute approximate surface area is 144 Å². The Morgan fingerprint density at radius 2 is 1.74 bits per heavy atom. The van der Waals surface area contributed by atoms with Crippen LogP contribution in [0.1, 0.15) is 5.82 Å². The fraction of sp³-hybridized carbons (Fsp3) is 0.111. The minimum Gasteiger partial charge on any atom is -0.340 e. The first-order valence-corrected chi connectivity index (χ1v) is 8.08. The van der Waals surface area contributed by atoms with Gasteiger partial charge in [0, 0.05) is 29.0 Å². The molecule has 0 bridgehead atoms. The van der Waals surface area contributed by atoms with Gasteiger partial charge in [-0.05, 0) is 37.3 Å². The van der Waals surface area contributed by atoms with Crippen LogP contribution in [0.5, 0.6) is 0 Å². The lowest BCUT2D eigenvalue weighted by atomic mass is 10.3. The van der Waals surface area contributed by atoms with Gasteiger partial charge in [0.2, 0.25) is 0 Å². The molecule has 0 amide bonds. The first kappa shape index (κ1) is 15.5. The van der Waals surface area contributed by atoms with E-state index >= 15 is 0 Å². The highest BCUT2D eigenvalue weighted by Gasteiger charge is 2.08. The van der Waals surface area contributed by atoms with Crippen LogP contribution in [0.15, 0.2) is 65.1 Å². The van der Waals surface area contributed by atoms with Gasteiger partial charge in [0.05, 0.1) is 0 Å². The van der Waals surface area contributed by atoms with Gasteiger partial charge in [0.15, 0.2) is 0 Å². The highest BCUT2D eigenvalue weighted by molar-refractivity contribution is 9.10. The molecule has 23 heavy (non-hydrogen) atoms. The Kier molecular flexibility index (Phi) is 4.57. The molecule has 0 unspecified atom stereocenters. The summed E-state index contributed by atoms with van der Waals surface area (Å²) in [4.78, 5) is 11.0. The van der Waals surface area contributed by atoms with E-state index in [0.29, 0.717) is 0 Å². The summed E-state index contributed by atoms with van der Waals surface area (Å²) in [5, 5.41) is 3.32. The molecular formula is C18H17BrN4. The summed E-state index contributed by atoms with van der Waals surface area (Å²) in [6, 6.07) is 20.1. The zero-order valence-corrected chi connectivity index (χ0v) is 14.6. The van der Waals surface area contributed by atoms with Crippen molar-refractivity contribution in [2.45, 2.75) is 6.92 Å². The van der Waals surface area contributed by atoms with Crippen LogP contribution >= 0.6 is 15.9 Å². The normalized spacial score (nSPS) is 10.4. The van der Waals surface area contributed by atoms with Crippen molar-refractivity contribution in [1.29, 1.82) is 0 Å². The largest absolute Gasteiger partial charge is 0.340 e. The van der Waals surface area contributed by atoms with Crippen LogP contribution in [0.2, 0.25) is 0 Å². The maximum absolute atomic E-state index is 4.53. The third kappa shape index (κ3) is 3.87. The van der Waals surface area contributed by atoms with Crippen LogP contribution in [-0.4, -0.2) is 17.0 Å². The molecule has 0 saturated heterocycles. The summed E-state index contributed by atoms with van der Waals surface area (Å²) >= 11 is 3.48. The molecule has 5 heteroatoms. The lowest BCUT2D eigenvalue weighted by Crippen LogP contribution is -2.12. The van der Waals surface area contributed by atoms with Gasteiger partial charge in [-0.1, -0.05) is 40.2 Å². The van der Waals surface area contributed by atoms with Crippen molar-refractivity contribution in [2.75, 3.05) is 17.3 Å². The van der Waals surface area contributed by atoms with Gasteiger partial charge >= 0.3 is 0 Å². The number of para-hydroxylation sites is 1. The quantitative estimate of drug-likeness (QED) is 0.698. The summed E-state index contributed by atoms with van der Waals surface area (Å²) in [6.45, 7) is 1.90. The smallest absolute Gasteiger partial charge is 0.138 e. The first-order valence-electron chi connectivity index (χ1n) is 7.29. The minimum absolute atomic E-state index is 0.725. The molecule has 116 valence electrons. The summed E-state index contributed by atoms with van der Waals surface area (Å²) in [5.74, 6) is 2.34. The fourth-order valence-corrected chi connectivity index (χ4v) is 2.69. The molecule has 0 aliphatic heterocycles. The van der Waals surface area contributed by atoms with E-state index in [0.717, 1.165) is 33.3 Å². The second-order valence-electron chi connectivity index (χ2n) is 5.19. The number of aromatic nitrogens is 2. The summed E-state index contributed by atoms with van der Waals surface area (Å²) in [5.41, 5.74) is 2.06. The van der Waals surface area contributed by atoms with Crippen molar-refractivity contribution < 1.29 is 0 Å². The fourth-order valence-electron chi connectivity index (χ4n) is 2.29. The van der Waals surface area contributed by atoms with Gasteiger partial charge < -0.3 is 10.2 Å². The van der Waals surface area contributed by atoms with E-state index in [1.54, 1.807) is 0 Å². The van der Waals surface area contributed by atoms with Gasteiger partial charge in [-0.2, -0.15) is 0 Å². The second-order valence-corrected chi connectivity index (χ2v) is 6.10. The van der Waals surface area contributed by atoms with Gasteiger partial charge in [0.1, 0.15) is 17.5 Å². The van der Waals surface area contributed by atoms with Crippen LogP contribution in [0.4, 0.5) is 23.0 Å². The molecule has 0 atom stereocenters. The Balaban J connectivity index is 1.90. The topological polar surface area (TPSA) is 41.1 Å². The van der Waals surface area contributed by atoms with E-state index in [1.165, 1.54) is 0 Å². The molecule has 0 saturated carbocycles. The van der Waals surface area contributed by atoms with E-state index in [2.05, 4.69) is 43.3 Å². The van der Waals surface area contributed by atoms with Crippen LogP contribution in [-0.2, 0) is 0 Å². The maximum atomic E-state index is 4.53. The number of anilines is 4. The molecule has 2 aromatic carbocycles. The number of nitrogens with zero attached hydrogens (tertiary/aromatic N) is 3. The Hall–Kier alpha value is -2.40. The molecule has 0 aliphatic rings. The molecular weight excluding hydrogens is 352 g/mol. The second kappa shape index (κ2) is 6.79. The van der Waals surface area contributed by atoms with E-state index in [4.69, 9.17) is 0 Å². The Bertz CT molecular complexity index is 805. The SMILES string of the molecule is Cc1nc(Nc2cccc(Br)c2)cc(N(C)c2ccccc2)n1. The molecule has 0 radical (unpaired) electrons. The molecule has 3 aromatic rings. The maximum Gasteiger partial charge on any atom is 0.138 e. The number of aryl methyl sites for hydroxylation is 1. The van der Waals surface area contributed by atoms with Crippen molar-refractivity contribution in [3.63, 3.8) is 0 Å². The molecule has 4 nitrogen and oxygen atoms in total. The molecule has 0 aliphatic carbocycles. The third-order valence-corrected chi connectivity index (χ3v) is 3.90. The van der Waals surface area contributed by atoms with Crippen molar-refractivity contribution in [3.05, 3.63) is 71.0 Å². The van der Waals surface area contributed by atoms with Crippen molar-refractivity contribution in [1.82, 2.24) is 9.97 Å². The van der Waals surface area contributed by atoms with Crippen molar-refractivity contribution >= 4 is 38.9 Å². The first-order chi connectivity index (χ1) is 11.1. The van der Waals surface area contributed by atoms with Gasteiger partial charge in [-0.15, -0.1) is 0 Å². The molecule has 1 N–H and O–H groups in total. The predicted molar refractivity (Wildman–Crippen MR) is 98.7 cm³/mol. The number of benzene rings is 2. The molecule has 1 aromatic heterocycles. The molecule has 0 spiro atoms. The Morgan fingerprint density at radius 3 is 2.48 bits per heavy atom. The van der Waals surface area contributed by atoms with Crippen LogP contribution in [0.3, 0.4) is 0 Å². The lowest BCUT2D eigenvalue weighted by molar-refractivity contribution is 1.02. The summed E-state index contributed by atoms with van der Waals surface area (Å²) < 4.78 is 1.02. The van der Waals surface area contributed by atoms with Crippen molar-refractivity contribution in [3.8, 4) is 0 Å². The van der Waals surface area contributed by atoms with Crippen molar-refractivity contribution in [2.24, 2.45) is 0 Å². The highest BCUT2D eigenvalue weighted by Crippen LogP contribution is 2.25.